The summed E-state index contributed by atoms with van der Waals surface area (Å²) in [5.41, 5.74) is -0.304. The van der Waals surface area contributed by atoms with Crippen molar-refractivity contribution in [1.82, 2.24) is 0 Å². The van der Waals surface area contributed by atoms with Crippen LogP contribution < -0.4 is 5.32 Å². The Morgan fingerprint density at radius 3 is 2.33 bits per heavy atom. The molecule has 108 valence electrons. The maximum absolute atomic E-state index is 13.7. The lowest BCUT2D eigenvalue weighted by atomic mass is 10.2. The molecule has 0 spiro atoms. The molecule has 0 aliphatic heterocycles. The fourth-order valence-corrected chi connectivity index (χ4v) is 3.25. The molecule has 21 heavy (non-hydrogen) atoms. The zero-order valence-corrected chi connectivity index (χ0v) is 12.0. The lowest BCUT2D eigenvalue weighted by Gasteiger charge is -2.15. The molecule has 0 saturated carbocycles. The summed E-state index contributed by atoms with van der Waals surface area (Å²) >= 11 is 1.56. The van der Waals surface area contributed by atoms with Gasteiger partial charge < -0.3 is 5.32 Å². The third-order valence-corrected chi connectivity index (χ3v) is 4.54. The summed E-state index contributed by atoms with van der Waals surface area (Å²) in [5.74, 6) is -2.79. The number of hydrogen-bond donors (Lipinski definition) is 1. The summed E-state index contributed by atoms with van der Waals surface area (Å²) in [6.45, 7) is 1.81. The molecule has 0 aliphatic carbocycles. The van der Waals surface area contributed by atoms with E-state index in [0.717, 1.165) is 15.0 Å². The molecular formula is C16H12F3NS. The van der Waals surface area contributed by atoms with Crippen LogP contribution in [0.15, 0.2) is 42.5 Å². The van der Waals surface area contributed by atoms with Crippen molar-refractivity contribution >= 4 is 27.1 Å². The average Bonchev–Trinajstić information content (AvgIpc) is 2.86. The van der Waals surface area contributed by atoms with Crippen LogP contribution in [-0.4, -0.2) is 0 Å². The van der Waals surface area contributed by atoms with Crippen molar-refractivity contribution in [2.45, 2.75) is 13.0 Å². The average molecular weight is 307 g/mol. The van der Waals surface area contributed by atoms with Gasteiger partial charge in [-0.05, 0) is 24.4 Å². The molecule has 0 amide bonds. The summed E-state index contributed by atoms with van der Waals surface area (Å²) < 4.78 is 41.3. The molecule has 3 rings (SSSR count). The summed E-state index contributed by atoms with van der Waals surface area (Å²) in [6, 6.07) is 10.9. The van der Waals surface area contributed by atoms with E-state index in [1.807, 2.05) is 37.3 Å². The molecule has 2 aromatic carbocycles. The van der Waals surface area contributed by atoms with Crippen molar-refractivity contribution < 1.29 is 13.2 Å². The van der Waals surface area contributed by atoms with Gasteiger partial charge in [0.25, 0.3) is 0 Å². The van der Waals surface area contributed by atoms with E-state index in [-0.39, 0.29) is 11.7 Å². The van der Waals surface area contributed by atoms with E-state index in [4.69, 9.17) is 0 Å². The van der Waals surface area contributed by atoms with Gasteiger partial charge in [0, 0.05) is 21.7 Å². The van der Waals surface area contributed by atoms with Crippen molar-refractivity contribution in [3.8, 4) is 0 Å². The first-order valence-corrected chi connectivity index (χ1v) is 7.26. The van der Waals surface area contributed by atoms with Crippen LogP contribution in [-0.2, 0) is 0 Å². The van der Waals surface area contributed by atoms with Gasteiger partial charge in [0.05, 0.1) is 6.04 Å². The molecule has 1 unspecified atom stereocenters. The first kappa shape index (κ1) is 13.9. The summed E-state index contributed by atoms with van der Waals surface area (Å²) in [6.07, 6.45) is 0. The number of anilines is 1. The Kier molecular flexibility index (Phi) is 3.59. The molecule has 1 nitrogen and oxygen atoms in total. The topological polar surface area (TPSA) is 12.0 Å². The Morgan fingerprint density at radius 1 is 1.00 bits per heavy atom. The van der Waals surface area contributed by atoms with Crippen LogP contribution in [0.2, 0.25) is 0 Å². The van der Waals surface area contributed by atoms with Gasteiger partial charge in [-0.3, -0.25) is 0 Å². The molecule has 0 bridgehead atoms. The predicted molar refractivity (Wildman–Crippen MR) is 80.2 cm³/mol. The highest BCUT2D eigenvalue weighted by Crippen LogP contribution is 2.32. The minimum Gasteiger partial charge on any atom is -0.373 e. The number of fused-ring (bicyclic) bond motifs is 1. The van der Waals surface area contributed by atoms with E-state index in [0.29, 0.717) is 12.1 Å². The largest absolute Gasteiger partial charge is 0.373 e. The van der Waals surface area contributed by atoms with Crippen LogP contribution in [0.1, 0.15) is 17.8 Å². The Morgan fingerprint density at radius 2 is 1.67 bits per heavy atom. The molecule has 1 N–H and O–H groups in total. The normalized spacial score (nSPS) is 12.6. The molecule has 1 aromatic heterocycles. The number of nitrogens with one attached hydrogen (secondary N) is 1. The lowest BCUT2D eigenvalue weighted by molar-refractivity contribution is 0.545. The van der Waals surface area contributed by atoms with Gasteiger partial charge in [0.2, 0.25) is 0 Å². The molecule has 1 heterocycles. The third kappa shape index (κ3) is 2.74. The maximum Gasteiger partial charge on any atom is 0.152 e. The van der Waals surface area contributed by atoms with Gasteiger partial charge >= 0.3 is 0 Å². The molecule has 0 radical (unpaired) electrons. The van der Waals surface area contributed by atoms with Crippen molar-refractivity contribution in [1.29, 1.82) is 0 Å². The van der Waals surface area contributed by atoms with Crippen molar-refractivity contribution in [2.24, 2.45) is 0 Å². The van der Waals surface area contributed by atoms with E-state index in [1.165, 1.54) is 0 Å². The Hall–Kier alpha value is -2.01. The fourth-order valence-electron chi connectivity index (χ4n) is 2.18. The maximum atomic E-state index is 13.7. The molecule has 0 saturated heterocycles. The van der Waals surface area contributed by atoms with Crippen LogP contribution in [0.5, 0.6) is 0 Å². The molecule has 3 aromatic rings. The minimum absolute atomic E-state index is 0.281. The minimum atomic E-state index is -0.930. The van der Waals surface area contributed by atoms with Gasteiger partial charge in [0.15, 0.2) is 11.6 Å². The van der Waals surface area contributed by atoms with Crippen molar-refractivity contribution in [2.75, 3.05) is 5.32 Å². The Labute approximate surface area is 124 Å². The zero-order valence-electron chi connectivity index (χ0n) is 11.2. The number of benzene rings is 2. The monoisotopic (exact) mass is 307 g/mol. The zero-order chi connectivity index (χ0) is 15.0. The van der Waals surface area contributed by atoms with Crippen LogP contribution in [0.25, 0.3) is 10.1 Å². The summed E-state index contributed by atoms with van der Waals surface area (Å²) in [5, 5.41) is 3.87. The van der Waals surface area contributed by atoms with Gasteiger partial charge in [-0.15, -0.1) is 11.3 Å². The SMILES string of the molecule is CC(Nc1c(F)cc(F)cc1F)c1cc2ccccc2s1. The van der Waals surface area contributed by atoms with Gasteiger partial charge in [-0.2, -0.15) is 0 Å². The van der Waals surface area contributed by atoms with Crippen molar-refractivity contribution in [3.63, 3.8) is 0 Å². The van der Waals surface area contributed by atoms with E-state index >= 15 is 0 Å². The standard InChI is InChI=1S/C16H12F3NS/c1-9(15-6-10-4-2-3-5-14(10)21-15)20-16-12(18)7-11(17)8-13(16)19/h2-9,20H,1H3. The van der Waals surface area contributed by atoms with Gasteiger partial charge in [-0.25, -0.2) is 13.2 Å². The van der Waals surface area contributed by atoms with Crippen LogP contribution in [0.3, 0.4) is 0 Å². The van der Waals surface area contributed by atoms with Crippen LogP contribution in [0.4, 0.5) is 18.9 Å². The number of hydrogen-bond acceptors (Lipinski definition) is 2. The number of thiophene rings is 1. The summed E-state index contributed by atoms with van der Waals surface area (Å²) in [7, 11) is 0. The quantitative estimate of drug-likeness (QED) is 0.674. The molecule has 0 fully saturated rings. The smallest absolute Gasteiger partial charge is 0.152 e. The fraction of sp³-hybridized carbons (Fsp3) is 0.125. The Balaban J connectivity index is 1.91. The highest BCUT2D eigenvalue weighted by atomic mass is 32.1. The van der Waals surface area contributed by atoms with Crippen LogP contribution >= 0.6 is 11.3 Å². The van der Waals surface area contributed by atoms with Crippen LogP contribution in [0, 0.1) is 17.5 Å². The lowest BCUT2D eigenvalue weighted by Crippen LogP contribution is -2.08. The highest BCUT2D eigenvalue weighted by molar-refractivity contribution is 7.19. The summed E-state index contributed by atoms with van der Waals surface area (Å²) in [4.78, 5) is 0.958. The van der Waals surface area contributed by atoms with Gasteiger partial charge in [0.1, 0.15) is 11.5 Å². The van der Waals surface area contributed by atoms with Gasteiger partial charge in [-0.1, -0.05) is 18.2 Å². The highest BCUT2D eigenvalue weighted by Gasteiger charge is 2.16. The second-order valence-corrected chi connectivity index (χ2v) is 5.91. The first-order chi connectivity index (χ1) is 10.0. The van der Waals surface area contributed by atoms with Crippen molar-refractivity contribution in [3.05, 3.63) is 64.8 Å². The molecular weight excluding hydrogens is 295 g/mol. The van der Waals surface area contributed by atoms with E-state index in [2.05, 4.69) is 5.32 Å². The first-order valence-electron chi connectivity index (χ1n) is 6.44. The molecule has 1 atom stereocenters. The third-order valence-electron chi connectivity index (χ3n) is 3.24. The second kappa shape index (κ2) is 5.41. The number of halogens is 3. The molecule has 5 heteroatoms. The second-order valence-electron chi connectivity index (χ2n) is 4.80. The predicted octanol–water partition coefficient (Wildman–Crippen LogP) is 5.49. The van der Waals surface area contributed by atoms with E-state index in [1.54, 1.807) is 11.3 Å². The Bertz CT molecular complexity index is 741. The number of rotatable bonds is 3. The van der Waals surface area contributed by atoms with E-state index < -0.39 is 17.5 Å². The molecule has 0 aliphatic rings. The van der Waals surface area contributed by atoms with E-state index in [9.17, 15) is 13.2 Å².